The molecule has 2 heterocycles. The number of hydrogen-bond acceptors (Lipinski definition) is 7. The number of likely N-dealkylation sites (tertiary alicyclic amines) is 1. The molecule has 0 radical (unpaired) electrons. The maximum atomic E-state index is 12.5. The number of imide groups is 1. The van der Waals surface area contributed by atoms with Crippen molar-refractivity contribution >= 4 is 41.1 Å². The van der Waals surface area contributed by atoms with Crippen molar-refractivity contribution in [2.45, 2.75) is 30.5 Å². The normalized spacial score (nSPS) is 16.0. The fourth-order valence-electron chi connectivity index (χ4n) is 2.81. The third-order valence-electron chi connectivity index (χ3n) is 4.71. The molecule has 1 fully saturated rings. The Labute approximate surface area is 178 Å². The monoisotopic (exact) mass is 427 g/mol. The highest BCUT2D eigenvalue weighted by Crippen LogP contribution is 2.31. The van der Waals surface area contributed by atoms with E-state index in [1.807, 2.05) is 26.0 Å². The Bertz CT molecular complexity index is 1020. The van der Waals surface area contributed by atoms with E-state index in [1.54, 1.807) is 12.1 Å². The van der Waals surface area contributed by atoms with Gasteiger partial charge in [-0.3, -0.25) is 19.3 Å². The van der Waals surface area contributed by atoms with Gasteiger partial charge in [-0.1, -0.05) is 17.8 Å². The molecule has 1 aliphatic heterocycles. The summed E-state index contributed by atoms with van der Waals surface area (Å²) >= 11 is 1.04. The summed E-state index contributed by atoms with van der Waals surface area (Å²) in [6.07, 6.45) is 1.53. The molecule has 0 bridgehead atoms. The summed E-state index contributed by atoms with van der Waals surface area (Å²) in [7, 11) is 1.42. The number of pyridine rings is 1. The van der Waals surface area contributed by atoms with Gasteiger partial charge in [0.25, 0.3) is 5.91 Å². The quantitative estimate of drug-likeness (QED) is 0.557. The number of carbonyl (C=O) groups is 4. The Morgan fingerprint density at radius 2 is 2.00 bits per heavy atom. The first-order valence-corrected chi connectivity index (χ1v) is 10.1. The van der Waals surface area contributed by atoms with Crippen LogP contribution in [-0.4, -0.2) is 52.5 Å². The second-order valence-corrected chi connectivity index (χ2v) is 8.07. The van der Waals surface area contributed by atoms with E-state index in [9.17, 15) is 19.2 Å². The number of nitrogens with one attached hydrogen (secondary N) is 1. The summed E-state index contributed by atoms with van der Waals surface area (Å²) in [4.78, 5) is 53.6. The van der Waals surface area contributed by atoms with Crippen molar-refractivity contribution in [1.82, 2.24) is 9.88 Å². The first-order valence-electron chi connectivity index (χ1n) is 9.22. The lowest BCUT2D eigenvalue weighted by molar-refractivity contribution is -0.136. The molecule has 0 spiro atoms. The number of rotatable bonds is 6. The van der Waals surface area contributed by atoms with Gasteiger partial charge in [-0.05, 0) is 49.2 Å². The average molecular weight is 427 g/mol. The summed E-state index contributed by atoms with van der Waals surface area (Å²) in [5.41, 5.74) is 2.89. The third kappa shape index (κ3) is 4.85. The Balaban J connectivity index is 1.61. The van der Waals surface area contributed by atoms with Gasteiger partial charge in [0.1, 0.15) is 5.03 Å². The highest BCUT2D eigenvalue weighted by molar-refractivity contribution is 8.00. The molecule has 1 aromatic carbocycles. The molecule has 1 aromatic heterocycles. The second kappa shape index (κ2) is 9.08. The highest BCUT2D eigenvalue weighted by atomic mass is 32.2. The zero-order valence-electron chi connectivity index (χ0n) is 16.8. The fraction of sp³-hybridized carbons (Fsp3) is 0.286. The topological polar surface area (TPSA) is 106 Å². The van der Waals surface area contributed by atoms with Crippen LogP contribution in [0.3, 0.4) is 0 Å². The molecule has 9 heteroatoms. The van der Waals surface area contributed by atoms with Crippen LogP contribution in [-0.2, 0) is 19.1 Å². The van der Waals surface area contributed by atoms with E-state index < -0.39 is 23.7 Å². The van der Waals surface area contributed by atoms with Crippen LogP contribution in [0.1, 0.15) is 27.9 Å². The Morgan fingerprint density at radius 3 is 2.67 bits per heavy atom. The minimum absolute atomic E-state index is 0.0451. The van der Waals surface area contributed by atoms with Crippen molar-refractivity contribution in [2.24, 2.45) is 0 Å². The van der Waals surface area contributed by atoms with Gasteiger partial charge in [-0.2, -0.15) is 0 Å². The number of esters is 1. The highest BCUT2D eigenvalue weighted by Gasteiger charge is 2.37. The summed E-state index contributed by atoms with van der Waals surface area (Å²) in [6.45, 7) is 3.45. The van der Waals surface area contributed by atoms with Crippen molar-refractivity contribution in [3.63, 3.8) is 0 Å². The number of aryl methyl sites for hydroxylation is 2. The third-order valence-corrected chi connectivity index (χ3v) is 5.91. The molecule has 1 atom stereocenters. The molecule has 3 amide bonds. The second-order valence-electron chi connectivity index (χ2n) is 6.88. The molecular weight excluding hydrogens is 406 g/mol. The molecule has 156 valence electrons. The SMILES string of the molecule is Cc1ccc(NC(=O)COC(=O)c2cccnc2SC2CC(=O)N(C)C2=O)cc1C. The molecule has 3 rings (SSSR count). The molecule has 0 aliphatic carbocycles. The van der Waals surface area contributed by atoms with Crippen LogP contribution in [0.25, 0.3) is 0 Å². The summed E-state index contributed by atoms with van der Waals surface area (Å²) in [5.74, 6) is -1.81. The first kappa shape index (κ1) is 21.5. The Morgan fingerprint density at radius 1 is 1.23 bits per heavy atom. The van der Waals surface area contributed by atoms with Crippen LogP contribution >= 0.6 is 11.8 Å². The predicted octanol–water partition coefficient (Wildman–Crippen LogP) is 2.34. The number of ether oxygens (including phenoxy) is 1. The lowest BCUT2D eigenvalue weighted by Crippen LogP contribution is -2.26. The lowest BCUT2D eigenvalue weighted by atomic mass is 10.1. The van der Waals surface area contributed by atoms with Crippen LogP contribution in [0.15, 0.2) is 41.6 Å². The molecule has 8 nitrogen and oxygen atoms in total. The van der Waals surface area contributed by atoms with Crippen molar-refractivity contribution < 1.29 is 23.9 Å². The van der Waals surface area contributed by atoms with Crippen molar-refractivity contribution in [3.05, 3.63) is 53.2 Å². The van der Waals surface area contributed by atoms with Gasteiger partial charge in [0.05, 0.1) is 10.8 Å². The van der Waals surface area contributed by atoms with Crippen molar-refractivity contribution in [3.8, 4) is 0 Å². The molecule has 2 aromatic rings. The number of thioether (sulfide) groups is 1. The van der Waals surface area contributed by atoms with Gasteiger partial charge in [-0.15, -0.1) is 0 Å². The number of carbonyl (C=O) groups excluding carboxylic acids is 4. The van der Waals surface area contributed by atoms with Crippen LogP contribution in [0, 0.1) is 13.8 Å². The van der Waals surface area contributed by atoms with Gasteiger partial charge in [0, 0.05) is 25.4 Å². The molecule has 1 N–H and O–H groups in total. The van der Waals surface area contributed by atoms with Gasteiger partial charge < -0.3 is 10.1 Å². The molecule has 1 saturated heterocycles. The number of hydrogen-bond donors (Lipinski definition) is 1. The number of benzene rings is 1. The van der Waals surface area contributed by atoms with Crippen LogP contribution in [0.2, 0.25) is 0 Å². The maximum Gasteiger partial charge on any atom is 0.341 e. The lowest BCUT2D eigenvalue weighted by Gasteiger charge is -2.12. The number of anilines is 1. The van der Waals surface area contributed by atoms with Gasteiger partial charge in [0.2, 0.25) is 11.8 Å². The minimum Gasteiger partial charge on any atom is -0.452 e. The van der Waals surface area contributed by atoms with E-state index in [4.69, 9.17) is 4.74 Å². The van der Waals surface area contributed by atoms with Crippen molar-refractivity contribution in [1.29, 1.82) is 0 Å². The van der Waals surface area contributed by atoms with E-state index in [0.717, 1.165) is 27.8 Å². The van der Waals surface area contributed by atoms with E-state index in [2.05, 4.69) is 10.3 Å². The predicted molar refractivity (Wildman–Crippen MR) is 111 cm³/mol. The van der Waals surface area contributed by atoms with Crippen LogP contribution in [0.4, 0.5) is 5.69 Å². The molecular formula is C21H21N3O5S. The number of nitrogens with zero attached hydrogens (tertiary/aromatic N) is 2. The summed E-state index contributed by atoms with van der Waals surface area (Å²) < 4.78 is 5.12. The van der Waals surface area contributed by atoms with Gasteiger partial charge >= 0.3 is 5.97 Å². The van der Waals surface area contributed by atoms with Gasteiger partial charge in [-0.25, -0.2) is 9.78 Å². The van der Waals surface area contributed by atoms with E-state index in [1.165, 1.54) is 19.3 Å². The maximum absolute atomic E-state index is 12.5. The van der Waals surface area contributed by atoms with Crippen LogP contribution < -0.4 is 5.32 Å². The average Bonchev–Trinajstić information content (AvgIpc) is 2.96. The number of aromatic nitrogens is 1. The largest absolute Gasteiger partial charge is 0.452 e. The van der Waals surface area contributed by atoms with E-state index in [-0.39, 0.29) is 28.8 Å². The number of amides is 3. The molecule has 1 aliphatic rings. The zero-order chi connectivity index (χ0) is 21.8. The standard InChI is InChI=1S/C21H21N3O5S/c1-12-6-7-14(9-13(12)2)23-17(25)11-29-21(28)15-5-4-8-22-19(15)30-16-10-18(26)24(3)20(16)27/h4-9,16H,10-11H2,1-3H3,(H,23,25). The Hall–Kier alpha value is -3.20. The fourth-order valence-corrected chi connectivity index (χ4v) is 3.97. The first-order chi connectivity index (χ1) is 14.3. The Kier molecular flexibility index (Phi) is 6.51. The molecule has 30 heavy (non-hydrogen) atoms. The minimum atomic E-state index is -0.731. The summed E-state index contributed by atoms with van der Waals surface area (Å²) in [6, 6.07) is 8.56. The smallest absolute Gasteiger partial charge is 0.341 e. The summed E-state index contributed by atoms with van der Waals surface area (Å²) in [5, 5.41) is 2.32. The zero-order valence-corrected chi connectivity index (χ0v) is 17.6. The van der Waals surface area contributed by atoms with E-state index >= 15 is 0 Å². The molecule has 0 saturated carbocycles. The molecule has 1 unspecified atom stereocenters. The van der Waals surface area contributed by atoms with Crippen LogP contribution in [0.5, 0.6) is 0 Å². The van der Waals surface area contributed by atoms with Gasteiger partial charge in [0.15, 0.2) is 6.61 Å². The van der Waals surface area contributed by atoms with E-state index in [0.29, 0.717) is 5.69 Å². The van der Waals surface area contributed by atoms with Crippen molar-refractivity contribution in [2.75, 3.05) is 19.0 Å².